The van der Waals surface area contributed by atoms with Crippen LogP contribution in [0.1, 0.15) is 26.2 Å². The van der Waals surface area contributed by atoms with E-state index in [9.17, 15) is 0 Å². The molecule has 0 saturated carbocycles. The van der Waals surface area contributed by atoms with Gasteiger partial charge >= 0.3 is 0 Å². The molecule has 0 bridgehead atoms. The Labute approximate surface area is 75.4 Å². The fraction of sp³-hybridized carbons (Fsp3) is 1.00. The molecule has 74 valence electrons. The maximum Gasteiger partial charge on any atom is 0.0225 e. The molecule has 0 aliphatic rings. The number of hydrazine groups is 2. The van der Waals surface area contributed by atoms with Crippen LogP contribution in [0.5, 0.6) is 0 Å². The van der Waals surface area contributed by atoms with Gasteiger partial charge in [0.15, 0.2) is 0 Å². The maximum absolute atomic E-state index is 3.22. The monoisotopic (exact) mass is 174 g/mol. The van der Waals surface area contributed by atoms with Crippen LogP contribution in [0.2, 0.25) is 0 Å². The molecule has 0 aromatic heterocycles. The molecule has 0 rings (SSSR count). The molecule has 4 heteroatoms. The minimum atomic E-state index is 0.570. The smallest absolute Gasteiger partial charge is 0.0225 e. The number of hydrogen-bond donors (Lipinski definition) is 4. The van der Waals surface area contributed by atoms with E-state index in [1.165, 1.54) is 12.8 Å². The fourth-order valence-corrected chi connectivity index (χ4v) is 1.21. The number of rotatable bonds is 8. The molecule has 0 aromatic rings. The Bertz CT molecular complexity index is 81.1. The topological polar surface area (TPSA) is 48.1 Å². The Morgan fingerprint density at radius 2 is 1.83 bits per heavy atom. The van der Waals surface area contributed by atoms with Gasteiger partial charge in [0.05, 0.1) is 0 Å². The van der Waals surface area contributed by atoms with Crippen molar-refractivity contribution in [1.82, 2.24) is 21.7 Å². The van der Waals surface area contributed by atoms with Crippen molar-refractivity contribution in [2.45, 2.75) is 32.2 Å². The molecule has 4 N–H and O–H groups in total. The highest BCUT2D eigenvalue weighted by molar-refractivity contribution is 4.63. The van der Waals surface area contributed by atoms with Crippen molar-refractivity contribution in [3.05, 3.63) is 0 Å². The van der Waals surface area contributed by atoms with Crippen molar-refractivity contribution >= 4 is 0 Å². The molecular weight excluding hydrogens is 152 g/mol. The molecule has 12 heavy (non-hydrogen) atoms. The lowest BCUT2D eigenvalue weighted by Crippen LogP contribution is -2.41. The van der Waals surface area contributed by atoms with E-state index in [1.54, 1.807) is 0 Å². The van der Waals surface area contributed by atoms with Crippen LogP contribution in [-0.2, 0) is 0 Å². The van der Waals surface area contributed by atoms with Crippen molar-refractivity contribution in [3.8, 4) is 0 Å². The first-order valence-electron chi connectivity index (χ1n) is 4.67. The van der Waals surface area contributed by atoms with Crippen molar-refractivity contribution in [3.63, 3.8) is 0 Å². The SMILES string of the molecule is CCCC(CCNNC)NNC. The van der Waals surface area contributed by atoms with Crippen LogP contribution in [0.15, 0.2) is 0 Å². The summed E-state index contributed by atoms with van der Waals surface area (Å²) in [5.74, 6) is 0. The first-order chi connectivity index (χ1) is 5.85. The predicted molar refractivity (Wildman–Crippen MR) is 52.6 cm³/mol. The second kappa shape index (κ2) is 8.93. The summed E-state index contributed by atoms with van der Waals surface area (Å²) in [6, 6.07) is 0.570. The van der Waals surface area contributed by atoms with Crippen LogP contribution in [0.25, 0.3) is 0 Å². The first-order valence-corrected chi connectivity index (χ1v) is 4.67. The highest BCUT2D eigenvalue weighted by Crippen LogP contribution is 1.98. The van der Waals surface area contributed by atoms with E-state index < -0.39 is 0 Å². The summed E-state index contributed by atoms with van der Waals surface area (Å²) >= 11 is 0. The Morgan fingerprint density at radius 3 is 2.33 bits per heavy atom. The van der Waals surface area contributed by atoms with E-state index in [0.717, 1.165) is 13.0 Å². The van der Waals surface area contributed by atoms with Gasteiger partial charge in [-0.05, 0) is 26.9 Å². The summed E-state index contributed by atoms with van der Waals surface area (Å²) in [7, 11) is 3.80. The molecule has 1 unspecified atom stereocenters. The fourth-order valence-electron chi connectivity index (χ4n) is 1.21. The second-order valence-electron chi connectivity index (χ2n) is 2.85. The van der Waals surface area contributed by atoms with E-state index in [1.807, 2.05) is 14.1 Å². The molecule has 0 spiro atoms. The Balaban J connectivity index is 3.34. The van der Waals surface area contributed by atoms with Gasteiger partial charge in [-0.15, -0.1) is 0 Å². The van der Waals surface area contributed by atoms with E-state index in [0.29, 0.717) is 6.04 Å². The summed E-state index contributed by atoms with van der Waals surface area (Å²) in [6.07, 6.45) is 3.57. The minimum Gasteiger partial charge on any atom is -0.261 e. The maximum atomic E-state index is 3.22. The quantitative estimate of drug-likeness (QED) is 0.309. The molecule has 0 fully saturated rings. The van der Waals surface area contributed by atoms with Crippen molar-refractivity contribution in [2.75, 3.05) is 20.6 Å². The summed E-state index contributed by atoms with van der Waals surface area (Å²) < 4.78 is 0. The third-order valence-electron chi connectivity index (χ3n) is 1.78. The van der Waals surface area contributed by atoms with Crippen LogP contribution >= 0.6 is 0 Å². The lowest BCUT2D eigenvalue weighted by Gasteiger charge is -2.17. The van der Waals surface area contributed by atoms with Gasteiger partial charge in [0, 0.05) is 12.6 Å². The van der Waals surface area contributed by atoms with Crippen LogP contribution < -0.4 is 21.7 Å². The van der Waals surface area contributed by atoms with Gasteiger partial charge in [-0.25, -0.2) is 0 Å². The molecule has 0 radical (unpaired) electrons. The lowest BCUT2D eigenvalue weighted by atomic mass is 10.1. The third-order valence-corrected chi connectivity index (χ3v) is 1.78. The Kier molecular flexibility index (Phi) is 8.81. The molecule has 0 heterocycles. The largest absolute Gasteiger partial charge is 0.261 e. The predicted octanol–water partition coefficient (Wildman–Crippen LogP) is -0.00680. The van der Waals surface area contributed by atoms with Crippen LogP contribution in [0.4, 0.5) is 0 Å². The van der Waals surface area contributed by atoms with Crippen LogP contribution in [0, 0.1) is 0 Å². The zero-order valence-corrected chi connectivity index (χ0v) is 8.41. The van der Waals surface area contributed by atoms with E-state index in [-0.39, 0.29) is 0 Å². The second-order valence-corrected chi connectivity index (χ2v) is 2.85. The molecule has 0 aliphatic heterocycles. The molecule has 0 saturated heterocycles. The van der Waals surface area contributed by atoms with Gasteiger partial charge in [-0.3, -0.25) is 21.7 Å². The number of hydrogen-bond acceptors (Lipinski definition) is 4. The Hall–Kier alpha value is -0.160. The van der Waals surface area contributed by atoms with Gasteiger partial charge in [-0.2, -0.15) is 0 Å². The standard InChI is InChI=1S/C8H22N4/c1-4-5-8(12-10-3)6-7-11-9-2/h8-12H,4-7H2,1-3H3. The average molecular weight is 174 g/mol. The van der Waals surface area contributed by atoms with Crippen LogP contribution in [0.3, 0.4) is 0 Å². The van der Waals surface area contributed by atoms with Gasteiger partial charge in [0.1, 0.15) is 0 Å². The third kappa shape index (κ3) is 6.54. The Morgan fingerprint density at radius 1 is 1.08 bits per heavy atom. The molecule has 0 aromatic carbocycles. The minimum absolute atomic E-state index is 0.570. The normalized spacial score (nSPS) is 13.2. The van der Waals surface area contributed by atoms with Gasteiger partial charge in [-0.1, -0.05) is 13.3 Å². The van der Waals surface area contributed by atoms with Gasteiger partial charge in [0.25, 0.3) is 0 Å². The highest BCUT2D eigenvalue weighted by atomic mass is 15.4. The molecule has 4 nitrogen and oxygen atoms in total. The summed E-state index contributed by atoms with van der Waals surface area (Å²) in [4.78, 5) is 0. The van der Waals surface area contributed by atoms with E-state index in [4.69, 9.17) is 0 Å². The van der Waals surface area contributed by atoms with Crippen molar-refractivity contribution in [1.29, 1.82) is 0 Å². The van der Waals surface area contributed by atoms with E-state index >= 15 is 0 Å². The first kappa shape index (κ1) is 11.8. The van der Waals surface area contributed by atoms with E-state index in [2.05, 4.69) is 28.6 Å². The highest BCUT2D eigenvalue weighted by Gasteiger charge is 2.04. The van der Waals surface area contributed by atoms with Crippen LogP contribution in [-0.4, -0.2) is 26.7 Å². The van der Waals surface area contributed by atoms with Gasteiger partial charge in [0.2, 0.25) is 0 Å². The molecular formula is C8H22N4. The van der Waals surface area contributed by atoms with Gasteiger partial charge < -0.3 is 0 Å². The molecule has 1 atom stereocenters. The zero-order valence-electron chi connectivity index (χ0n) is 8.41. The summed E-state index contributed by atoms with van der Waals surface area (Å²) in [5.41, 5.74) is 12.2. The number of nitrogens with one attached hydrogen (secondary N) is 4. The van der Waals surface area contributed by atoms with Crippen molar-refractivity contribution < 1.29 is 0 Å². The summed E-state index contributed by atoms with van der Waals surface area (Å²) in [6.45, 7) is 3.20. The zero-order chi connectivity index (χ0) is 9.23. The average Bonchev–Trinajstić information content (AvgIpc) is 2.06. The lowest BCUT2D eigenvalue weighted by molar-refractivity contribution is 0.393. The summed E-state index contributed by atoms with van der Waals surface area (Å²) in [5, 5.41) is 0. The molecule has 0 amide bonds. The van der Waals surface area contributed by atoms with Crippen molar-refractivity contribution in [2.24, 2.45) is 0 Å². The molecule has 0 aliphatic carbocycles.